The number of amides is 1. The number of ketones is 1. The van der Waals surface area contributed by atoms with Crippen LogP contribution < -0.4 is 0 Å². The van der Waals surface area contributed by atoms with Crippen molar-refractivity contribution in [2.24, 2.45) is 5.92 Å². The van der Waals surface area contributed by atoms with Gasteiger partial charge in [-0.3, -0.25) is 14.3 Å². The Morgan fingerprint density at radius 3 is 2.33 bits per heavy atom. The number of Topliss-reactive ketones (excluding diaryl/α,β-unsaturated/α-hetero) is 1. The fraction of sp³-hybridized carbons (Fsp3) is 0.550. The molecule has 10 heteroatoms. The maximum atomic E-state index is 13.0. The van der Waals surface area contributed by atoms with Gasteiger partial charge in [-0.1, -0.05) is 37.3 Å². The van der Waals surface area contributed by atoms with Crippen LogP contribution in [0, 0.1) is 5.92 Å². The average Bonchev–Trinajstić information content (AvgIpc) is 3.13. The zero-order chi connectivity index (χ0) is 22.3. The van der Waals surface area contributed by atoms with Gasteiger partial charge in [0, 0.05) is 5.92 Å². The zero-order valence-corrected chi connectivity index (χ0v) is 18.5. The van der Waals surface area contributed by atoms with E-state index in [-0.39, 0.29) is 26.6 Å². The molecule has 2 rings (SSSR count). The molecule has 1 aliphatic heterocycles. The van der Waals surface area contributed by atoms with Crippen LogP contribution in [0.2, 0.25) is 0 Å². The third kappa shape index (κ3) is 5.47. The first-order chi connectivity index (χ1) is 14.2. The van der Waals surface area contributed by atoms with E-state index in [9.17, 15) is 18.9 Å². The minimum Gasteiger partial charge on any atom is -0.444 e. The topological polar surface area (TPSA) is 108 Å². The normalized spacial score (nSPS) is 18.6. The van der Waals surface area contributed by atoms with E-state index in [1.165, 1.54) is 13.8 Å². The molecular formula is C20H28NO8P. The van der Waals surface area contributed by atoms with E-state index >= 15 is 0 Å². The Morgan fingerprint density at radius 2 is 1.77 bits per heavy atom. The lowest BCUT2D eigenvalue weighted by Gasteiger charge is -2.28. The van der Waals surface area contributed by atoms with Gasteiger partial charge in [0.05, 0.1) is 13.2 Å². The van der Waals surface area contributed by atoms with Crippen molar-refractivity contribution in [1.29, 1.82) is 0 Å². The van der Waals surface area contributed by atoms with Gasteiger partial charge in [0.25, 0.3) is 0 Å². The molecule has 1 aromatic rings. The van der Waals surface area contributed by atoms with E-state index in [0.717, 1.165) is 10.5 Å². The maximum absolute atomic E-state index is 13.0. The highest BCUT2D eigenvalue weighted by Gasteiger charge is 2.48. The lowest BCUT2D eigenvalue weighted by atomic mass is 9.95. The number of hydrogen-bond acceptors (Lipinski definition) is 8. The Hall–Kier alpha value is -2.22. The molecule has 1 aromatic carbocycles. The summed E-state index contributed by atoms with van der Waals surface area (Å²) in [6, 6.07) is 7.87. The lowest BCUT2D eigenvalue weighted by Crippen LogP contribution is -2.46. The van der Waals surface area contributed by atoms with Crippen molar-refractivity contribution in [3.05, 3.63) is 35.9 Å². The smallest absolute Gasteiger partial charge is 0.413 e. The van der Waals surface area contributed by atoms with Gasteiger partial charge in [0.1, 0.15) is 18.3 Å². The molecule has 3 unspecified atom stereocenters. The summed E-state index contributed by atoms with van der Waals surface area (Å²) in [6.07, 6.45) is -0.778. The van der Waals surface area contributed by atoms with Gasteiger partial charge in [0.2, 0.25) is 0 Å². The summed E-state index contributed by atoms with van der Waals surface area (Å²) in [5.74, 6) is -2.24. The predicted molar refractivity (Wildman–Crippen MR) is 108 cm³/mol. The number of esters is 1. The lowest BCUT2D eigenvalue weighted by molar-refractivity contribution is -0.142. The molecule has 0 saturated carbocycles. The second-order valence-corrected chi connectivity index (χ2v) is 9.16. The molecule has 9 nitrogen and oxygen atoms in total. The van der Waals surface area contributed by atoms with Crippen LogP contribution in [-0.4, -0.2) is 54.4 Å². The summed E-state index contributed by atoms with van der Waals surface area (Å²) in [5.41, 5.74) is -0.330. The second kappa shape index (κ2) is 10.7. The number of carbonyl (C=O) groups excluding carboxylic acids is 3. The third-order valence-electron chi connectivity index (χ3n) is 4.79. The molecule has 0 aromatic heterocycles. The largest absolute Gasteiger partial charge is 0.444 e. The molecule has 1 amide bonds. The highest BCUT2D eigenvalue weighted by atomic mass is 31.2. The standard InChI is InChI=1S/C20H28NO8P/c1-5-28-30(25,29-6-2)15(4)18(22)14(3)17-19(23)27-13-21(17)20(24)26-12-16-10-8-7-9-11-16/h7-11,14-15,17H,5-6,12-13H2,1-4H3. The molecule has 0 radical (unpaired) electrons. The van der Waals surface area contributed by atoms with Gasteiger partial charge >= 0.3 is 19.7 Å². The van der Waals surface area contributed by atoms with E-state index in [2.05, 4.69) is 0 Å². The maximum Gasteiger partial charge on any atom is 0.413 e. The summed E-state index contributed by atoms with van der Waals surface area (Å²) in [5, 5.41) is 0. The van der Waals surface area contributed by atoms with Crippen molar-refractivity contribution in [3.8, 4) is 0 Å². The van der Waals surface area contributed by atoms with Crippen LogP contribution in [-0.2, 0) is 39.3 Å². The van der Waals surface area contributed by atoms with Crippen LogP contribution in [0.1, 0.15) is 33.3 Å². The average molecular weight is 441 g/mol. The van der Waals surface area contributed by atoms with Crippen LogP contribution in [0.4, 0.5) is 4.79 Å². The van der Waals surface area contributed by atoms with Gasteiger partial charge < -0.3 is 18.5 Å². The highest BCUT2D eigenvalue weighted by Crippen LogP contribution is 2.54. The van der Waals surface area contributed by atoms with Crippen molar-refractivity contribution >= 4 is 25.4 Å². The van der Waals surface area contributed by atoms with E-state index in [1.54, 1.807) is 26.0 Å². The number of rotatable bonds is 10. The van der Waals surface area contributed by atoms with Crippen LogP contribution >= 0.6 is 7.60 Å². The Kier molecular flexibility index (Phi) is 8.58. The van der Waals surface area contributed by atoms with Crippen LogP contribution in [0.5, 0.6) is 0 Å². The van der Waals surface area contributed by atoms with E-state index in [0.29, 0.717) is 0 Å². The molecule has 166 valence electrons. The van der Waals surface area contributed by atoms with Crippen molar-refractivity contribution in [1.82, 2.24) is 4.90 Å². The zero-order valence-electron chi connectivity index (χ0n) is 17.6. The summed E-state index contributed by atoms with van der Waals surface area (Å²) < 4.78 is 33.7. The van der Waals surface area contributed by atoms with Crippen molar-refractivity contribution in [2.45, 2.75) is 46.0 Å². The van der Waals surface area contributed by atoms with Crippen molar-refractivity contribution in [3.63, 3.8) is 0 Å². The number of carbonyl (C=O) groups is 3. The first kappa shape index (κ1) is 24.1. The molecule has 1 fully saturated rings. The second-order valence-electron chi connectivity index (χ2n) is 6.79. The SMILES string of the molecule is CCOP(=O)(OCC)C(C)C(=O)C(C)C1C(=O)OCN1C(=O)OCc1ccccc1. The fourth-order valence-electron chi connectivity index (χ4n) is 3.18. The van der Waals surface area contributed by atoms with E-state index < -0.39 is 43.1 Å². The number of ether oxygens (including phenoxy) is 2. The fourth-order valence-corrected chi connectivity index (χ4v) is 4.97. The first-order valence-electron chi connectivity index (χ1n) is 9.81. The quantitative estimate of drug-likeness (QED) is 0.402. The molecule has 0 N–H and O–H groups in total. The Balaban J connectivity index is 2.11. The molecular weight excluding hydrogens is 413 g/mol. The van der Waals surface area contributed by atoms with E-state index in [4.69, 9.17) is 18.5 Å². The third-order valence-corrected chi connectivity index (χ3v) is 7.23. The monoisotopic (exact) mass is 441 g/mol. The molecule has 0 spiro atoms. The Morgan fingerprint density at radius 1 is 1.17 bits per heavy atom. The minimum atomic E-state index is -3.71. The van der Waals surface area contributed by atoms with Crippen LogP contribution in [0.25, 0.3) is 0 Å². The molecule has 0 aliphatic carbocycles. The summed E-state index contributed by atoms with van der Waals surface area (Å²) in [4.78, 5) is 38.9. The van der Waals surface area contributed by atoms with Crippen molar-refractivity contribution < 1.29 is 37.5 Å². The van der Waals surface area contributed by atoms with Gasteiger partial charge in [-0.05, 0) is 26.3 Å². The minimum absolute atomic E-state index is 0.0136. The molecule has 1 heterocycles. The van der Waals surface area contributed by atoms with Gasteiger partial charge in [-0.2, -0.15) is 0 Å². The molecule has 1 saturated heterocycles. The molecule has 1 aliphatic rings. The van der Waals surface area contributed by atoms with Crippen LogP contribution in [0.15, 0.2) is 30.3 Å². The molecule has 30 heavy (non-hydrogen) atoms. The number of nitrogens with zero attached hydrogens (tertiary/aromatic N) is 1. The molecule has 0 bridgehead atoms. The molecule has 3 atom stereocenters. The first-order valence-corrected chi connectivity index (χ1v) is 11.4. The van der Waals surface area contributed by atoms with Gasteiger partial charge in [-0.25, -0.2) is 9.59 Å². The summed E-state index contributed by atoms with van der Waals surface area (Å²) in [6.45, 7) is 6.10. The van der Waals surface area contributed by atoms with Crippen LogP contribution in [0.3, 0.4) is 0 Å². The van der Waals surface area contributed by atoms with Gasteiger partial charge in [0.15, 0.2) is 12.5 Å². The number of hydrogen-bond donors (Lipinski definition) is 0. The predicted octanol–water partition coefficient (Wildman–Crippen LogP) is 3.37. The van der Waals surface area contributed by atoms with Crippen molar-refractivity contribution in [2.75, 3.05) is 19.9 Å². The summed E-state index contributed by atoms with van der Waals surface area (Å²) >= 11 is 0. The number of benzene rings is 1. The summed E-state index contributed by atoms with van der Waals surface area (Å²) in [7, 11) is -3.71. The highest BCUT2D eigenvalue weighted by molar-refractivity contribution is 7.55. The Bertz CT molecular complexity index is 789. The Labute approximate surface area is 176 Å². The number of cyclic esters (lactones) is 1. The van der Waals surface area contributed by atoms with Gasteiger partial charge in [-0.15, -0.1) is 0 Å². The van der Waals surface area contributed by atoms with E-state index in [1.807, 2.05) is 18.2 Å².